The van der Waals surface area contributed by atoms with E-state index >= 15 is 0 Å². The summed E-state index contributed by atoms with van der Waals surface area (Å²) in [4.78, 5) is 27.6. The van der Waals surface area contributed by atoms with Crippen LogP contribution in [-0.2, 0) is 20.7 Å². The minimum Gasteiger partial charge on any atom is -0.507 e. The maximum absolute atomic E-state index is 13.1. The molecule has 0 aliphatic carbocycles. The topological polar surface area (TPSA) is 76.1 Å². The zero-order valence-corrected chi connectivity index (χ0v) is 19.7. The van der Waals surface area contributed by atoms with Gasteiger partial charge in [0.2, 0.25) is 0 Å². The normalized spacial score (nSPS) is 17.5. The Morgan fingerprint density at radius 3 is 2.45 bits per heavy atom. The largest absolute Gasteiger partial charge is 0.507 e. The molecule has 2 aromatic carbocycles. The third kappa shape index (κ3) is 5.63. The van der Waals surface area contributed by atoms with Crippen LogP contribution >= 0.6 is 0 Å². The fraction of sp³-hybridized carbons (Fsp3) is 0.407. The van der Waals surface area contributed by atoms with Crippen molar-refractivity contribution < 1.29 is 24.2 Å². The molecular weight excluding hydrogens is 418 g/mol. The molecule has 1 heterocycles. The van der Waals surface area contributed by atoms with Crippen LogP contribution in [0.25, 0.3) is 5.76 Å². The van der Waals surface area contributed by atoms with Gasteiger partial charge in [-0.15, -0.1) is 0 Å². The van der Waals surface area contributed by atoms with Crippen molar-refractivity contribution in [1.82, 2.24) is 4.90 Å². The lowest BCUT2D eigenvalue weighted by Crippen LogP contribution is -2.31. The Bertz CT molecular complexity index is 996. The van der Waals surface area contributed by atoms with Gasteiger partial charge in [0.05, 0.1) is 18.2 Å². The number of carbonyl (C=O) groups is 2. The number of unbranched alkanes of at least 4 members (excludes halogenated alkanes) is 1. The molecule has 0 bridgehead atoms. The van der Waals surface area contributed by atoms with Crippen LogP contribution in [0.2, 0.25) is 0 Å². The average Bonchev–Trinajstić information content (AvgIpc) is 3.09. The number of carbonyl (C=O) groups excluding carboxylic acids is 2. The molecule has 0 radical (unpaired) electrons. The van der Waals surface area contributed by atoms with Gasteiger partial charge < -0.3 is 19.5 Å². The molecule has 2 aromatic rings. The molecule has 1 unspecified atom stereocenters. The number of rotatable bonds is 11. The van der Waals surface area contributed by atoms with E-state index in [1.165, 1.54) is 4.90 Å². The highest BCUT2D eigenvalue weighted by Crippen LogP contribution is 2.39. The number of Topliss-reactive ketones (excluding diaryl/α,β-unsaturated/α-hetero) is 1. The second-order valence-electron chi connectivity index (χ2n) is 8.16. The number of hydrogen-bond acceptors (Lipinski definition) is 5. The number of likely N-dealkylation sites (tertiary alicyclic amines) is 1. The molecule has 1 amide bonds. The number of hydrogen-bond donors (Lipinski definition) is 1. The van der Waals surface area contributed by atoms with Crippen molar-refractivity contribution in [2.24, 2.45) is 0 Å². The lowest BCUT2D eigenvalue weighted by molar-refractivity contribution is -0.140. The van der Waals surface area contributed by atoms with Crippen molar-refractivity contribution in [2.45, 2.75) is 45.6 Å². The van der Waals surface area contributed by atoms with Crippen LogP contribution in [-0.4, -0.2) is 48.6 Å². The SMILES string of the molecule is CCCCOc1cccc(/C(O)=C2\C(=O)C(=O)N(CCCOC)C2c2ccc(CC)cc2)c1. The van der Waals surface area contributed by atoms with E-state index in [2.05, 4.69) is 13.8 Å². The van der Waals surface area contributed by atoms with E-state index in [-0.39, 0.29) is 11.3 Å². The van der Waals surface area contributed by atoms with E-state index in [9.17, 15) is 14.7 Å². The molecule has 1 atom stereocenters. The molecule has 1 saturated heterocycles. The maximum atomic E-state index is 13.1. The zero-order valence-electron chi connectivity index (χ0n) is 19.7. The van der Waals surface area contributed by atoms with E-state index < -0.39 is 17.7 Å². The Balaban J connectivity index is 2.03. The number of ketones is 1. The highest BCUT2D eigenvalue weighted by molar-refractivity contribution is 6.46. The van der Waals surface area contributed by atoms with E-state index in [0.29, 0.717) is 37.5 Å². The molecule has 1 N–H and O–H groups in total. The molecule has 1 aliphatic rings. The molecule has 176 valence electrons. The van der Waals surface area contributed by atoms with Gasteiger partial charge in [0.1, 0.15) is 11.5 Å². The van der Waals surface area contributed by atoms with Crippen molar-refractivity contribution >= 4 is 17.4 Å². The Labute approximate surface area is 195 Å². The molecule has 1 aliphatic heterocycles. The quantitative estimate of drug-likeness (QED) is 0.228. The summed E-state index contributed by atoms with van der Waals surface area (Å²) in [7, 11) is 1.60. The van der Waals surface area contributed by atoms with E-state index in [1.54, 1.807) is 25.3 Å². The van der Waals surface area contributed by atoms with Gasteiger partial charge in [-0.05, 0) is 42.5 Å². The summed E-state index contributed by atoms with van der Waals surface area (Å²) in [5, 5.41) is 11.2. The van der Waals surface area contributed by atoms with Gasteiger partial charge in [-0.25, -0.2) is 0 Å². The Kier molecular flexibility index (Phi) is 8.66. The number of aliphatic hydroxyl groups is 1. The average molecular weight is 452 g/mol. The van der Waals surface area contributed by atoms with Crippen LogP contribution in [0.5, 0.6) is 5.75 Å². The predicted molar refractivity (Wildman–Crippen MR) is 128 cm³/mol. The fourth-order valence-corrected chi connectivity index (χ4v) is 4.00. The van der Waals surface area contributed by atoms with Crippen LogP contribution < -0.4 is 4.74 Å². The zero-order chi connectivity index (χ0) is 23.8. The molecule has 33 heavy (non-hydrogen) atoms. The van der Waals surface area contributed by atoms with E-state index in [4.69, 9.17) is 9.47 Å². The van der Waals surface area contributed by atoms with Crippen molar-refractivity contribution in [3.63, 3.8) is 0 Å². The van der Waals surface area contributed by atoms with Gasteiger partial charge in [-0.1, -0.05) is 56.7 Å². The van der Waals surface area contributed by atoms with Gasteiger partial charge in [0.25, 0.3) is 11.7 Å². The monoisotopic (exact) mass is 451 g/mol. The minimum absolute atomic E-state index is 0.104. The Hall–Kier alpha value is -3.12. The fourth-order valence-electron chi connectivity index (χ4n) is 4.00. The molecule has 0 saturated carbocycles. The Morgan fingerprint density at radius 1 is 1.03 bits per heavy atom. The standard InChI is InChI=1S/C27H33NO5/c1-4-6-17-33-22-10-7-9-21(18-22)25(29)23-24(20-13-11-19(5-2)12-14-20)28(15-8-16-32-3)27(31)26(23)30/h7,9-14,18,24,29H,4-6,8,15-17H2,1-3H3/b25-23+. The summed E-state index contributed by atoms with van der Waals surface area (Å²) in [5.74, 6) is -0.849. The van der Waals surface area contributed by atoms with E-state index in [0.717, 1.165) is 30.4 Å². The third-order valence-corrected chi connectivity index (χ3v) is 5.87. The Morgan fingerprint density at radius 2 is 1.79 bits per heavy atom. The minimum atomic E-state index is -0.674. The number of benzene rings is 2. The first-order chi connectivity index (χ1) is 16.0. The van der Waals surface area contributed by atoms with E-state index in [1.807, 2.05) is 30.3 Å². The number of ether oxygens (including phenoxy) is 2. The van der Waals surface area contributed by atoms with Gasteiger partial charge in [0.15, 0.2) is 0 Å². The summed E-state index contributed by atoms with van der Waals surface area (Å²) in [5.41, 5.74) is 2.51. The molecule has 1 fully saturated rings. The van der Waals surface area contributed by atoms with Crippen LogP contribution in [0.3, 0.4) is 0 Å². The summed E-state index contributed by atoms with van der Waals surface area (Å²) in [6.07, 6.45) is 3.42. The molecule has 0 aromatic heterocycles. The number of aryl methyl sites for hydroxylation is 1. The lowest BCUT2D eigenvalue weighted by atomic mass is 9.94. The number of methoxy groups -OCH3 is 1. The third-order valence-electron chi connectivity index (χ3n) is 5.87. The van der Waals surface area contributed by atoms with Crippen LogP contribution in [0.15, 0.2) is 54.1 Å². The first kappa shape index (κ1) is 24.5. The lowest BCUT2D eigenvalue weighted by Gasteiger charge is -2.25. The van der Waals surface area contributed by atoms with Gasteiger partial charge >= 0.3 is 0 Å². The van der Waals surface area contributed by atoms with Crippen molar-refractivity contribution in [3.05, 3.63) is 70.8 Å². The molecule has 3 rings (SSSR count). The van der Waals surface area contributed by atoms with Crippen LogP contribution in [0, 0.1) is 0 Å². The predicted octanol–water partition coefficient (Wildman–Crippen LogP) is 4.89. The van der Waals surface area contributed by atoms with Gasteiger partial charge in [-0.2, -0.15) is 0 Å². The van der Waals surface area contributed by atoms with Gasteiger partial charge in [0, 0.05) is 25.8 Å². The highest BCUT2D eigenvalue weighted by Gasteiger charge is 2.45. The number of amides is 1. The van der Waals surface area contributed by atoms with Gasteiger partial charge in [-0.3, -0.25) is 9.59 Å². The molecular formula is C27H33NO5. The van der Waals surface area contributed by atoms with Crippen molar-refractivity contribution in [1.29, 1.82) is 0 Å². The summed E-state index contributed by atoms with van der Waals surface area (Å²) < 4.78 is 10.9. The summed E-state index contributed by atoms with van der Waals surface area (Å²) in [6, 6.07) is 14.2. The van der Waals surface area contributed by atoms with Crippen molar-refractivity contribution in [2.75, 3.05) is 26.9 Å². The molecule has 6 nitrogen and oxygen atoms in total. The van der Waals surface area contributed by atoms with Crippen LogP contribution in [0.4, 0.5) is 0 Å². The first-order valence-corrected chi connectivity index (χ1v) is 11.6. The summed E-state index contributed by atoms with van der Waals surface area (Å²) in [6.45, 7) is 5.57. The first-order valence-electron chi connectivity index (χ1n) is 11.6. The number of aliphatic hydroxyl groups excluding tert-OH is 1. The second-order valence-corrected chi connectivity index (χ2v) is 8.16. The van der Waals surface area contributed by atoms with Crippen LogP contribution in [0.1, 0.15) is 55.8 Å². The smallest absolute Gasteiger partial charge is 0.295 e. The second kappa shape index (κ2) is 11.7. The van der Waals surface area contributed by atoms with Crippen molar-refractivity contribution in [3.8, 4) is 5.75 Å². The highest BCUT2D eigenvalue weighted by atomic mass is 16.5. The molecule has 6 heteroatoms. The maximum Gasteiger partial charge on any atom is 0.295 e. The summed E-state index contributed by atoms with van der Waals surface area (Å²) >= 11 is 0. The number of nitrogens with zero attached hydrogens (tertiary/aromatic N) is 1. The molecule has 0 spiro atoms.